The number of methoxy groups -OCH3 is 1. The van der Waals surface area contributed by atoms with Crippen LogP contribution in [0.2, 0.25) is 0 Å². The topological polar surface area (TPSA) is 83.9 Å². The van der Waals surface area contributed by atoms with Crippen molar-refractivity contribution in [2.75, 3.05) is 13.7 Å². The highest BCUT2D eigenvalue weighted by Crippen LogP contribution is 2.26. The zero-order valence-corrected chi connectivity index (χ0v) is 14.0. The van der Waals surface area contributed by atoms with E-state index in [0.717, 1.165) is 11.1 Å². The zero-order valence-electron chi connectivity index (χ0n) is 14.0. The molecule has 2 unspecified atom stereocenters. The number of carboxylic acids is 1. The minimum Gasteiger partial charge on any atom is -0.481 e. The first-order chi connectivity index (χ1) is 11.4. The molecule has 6 nitrogen and oxygen atoms in total. The number of aliphatic carboxylic acids is 1. The van der Waals surface area contributed by atoms with Crippen molar-refractivity contribution in [1.29, 1.82) is 0 Å². The first kappa shape index (κ1) is 18.0. The van der Waals surface area contributed by atoms with Crippen molar-refractivity contribution < 1.29 is 24.2 Å². The molecule has 0 aliphatic carbocycles. The number of aryl methyl sites for hydroxylation is 2. The van der Waals surface area contributed by atoms with Crippen LogP contribution < -0.4 is 0 Å². The fourth-order valence-corrected chi connectivity index (χ4v) is 3.15. The van der Waals surface area contributed by atoms with E-state index in [9.17, 15) is 19.5 Å². The summed E-state index contributed by atoms with van der Waals surface area (Å²) in [4.78, 5) is 37.1. The Morgan fingerprint density at radius 1 is 1.29 bits per heavy atom. The summed E-state index contributed by atoms with van der Waals surface area (Å²) in [5, 5.41) is 9.22. The molecular formula is C18H23NO5. The Bertz CT molecular complexity index is 628. The average molecular weight is 333 g/mol. The van der Waals surface area contributed by atoms with Crippen molar-refractivity contribution in [3.05, 3.63) is 35.4 Å². The van der Waals surface area contributed by atoms with Crippen LogP contribution in [-0.4, -0.2) is 47.5 Å². The standard InChI is InChI=1S/C18H23NO5/c1-12-5-3-4-6-13(12)7-8-16(20)15-11-14(17(21)22)9-10-19(15)18(23)24-2/h3-6,14-15H,7-11H2,1-2H3,(H,21,22). The largest absolute Gasteiger partial charge is 0.481 e. The third-order valence-corrected chi connectivity index (χ3v) is 4.63. The van der Waals surface area contributed by atoms with Crippen LogP contribution in [0.5, 0.6) is 0 Å². The first-order valence-corrected chi connectivity index (χ1v) is 8.08. The van der Waals surface area contributed by atoms with E-state index in [-0.39, 0.29) is 25.2 Å². The number of carbonyl (C=O) groups is 3. The molecule has 0 aromatic heterocycles. The summed E-state index contributed by atoms with van der Waals surface area (Å²) in [6.45, 7) is 2.21. The number of carboxylic acid groups (broad SMARTS) is 1. The molecular weight excluding hydrogens is 310 g/mol. The molecule has 1 amide bonds. The maximum atomic E-state index is 12.6. The Balaban J connectivity index is 2.08. The molecule has 1 N–H and O–H groups in total. The summed E-state index contributed by atoms with van der Waals surface area (Å²) in [6.07, 6.45) is 0.765. The van der Waals surface area contributed by atoms with Crippen molar-refractivity contribution >= 4 is 17.8 Å². The van der Waals surface area contributed by atoms with E-state index in [1.807, 2.05) is 31.2 Å². The van der Waals surface area contributed by atoms with Gasteiger partial charge in [-0.15, -0.1) is 0 Å². The maximum Gasteiger partial charge on any atom is 0.410 e. The molecule has 0 bridgehead atoms. The Kier molecular flexibility index (Phi) is 5.95. The van der Waals surface area contributed by atoms with Crippen molar-refractivity contribution in [2.24, 2.45) is 5.92 Å². The second-order valence-corrected chi connectivity index (χ2v) is 6.13. The van der Waals surface area contributed by atoms with E-state index >= 15 is 0 Å². The number of ketones is 1. The molecule has 1 aromatic rings. The summed E-state index contributed by atoms with van der Waals surface area (Å²) < 4.78 is 4.74. The number of Topliss-reactive ketones (excluding diaryl/α,β-unsaturated/α-hetero) is 1. The molecule has 2 atom stereocenters. The lowest BCUT2D eigenvalue weighted by Gasteiger charge is -2.36. The Hall–Kier alpha value is -2.37. The number of hydrogen-bond donors (Lipinski definition) is 1. The highest BCUT2D eigenvalue weighted by atomic mass is 16.5. The Labute approximate surface area is 141 Å². The van der Waals surface area contributed by atoms with E-state index in [1.165, 1.54) is 12.0 Å². The molecule has 2 rings (SSSR count). The van der Waals surface area contributed by atoms with Crippen molar-refractivity contribution in [1.82, 2.24) is 4.90 Å². The van der Waals surface area contributed by atoms with E-state index in [0.29, 0.717) is 12.8 Å². The van der Waals surface area contributed by atoms with Crippen LogP contribution in [0.25, 0.3) is 0 Å². The molecule has 0 radical (unpaired) electrons. The molecule has 24 heavy (non-hydrogen) atoms. The van der Waals surface area contributed by atoms with Crippen LogP contribution in [0, 0.1) is 12.8 Å². The number of benzene rings is 1. The maximum absolute atomic E-state index is 12.6. The van der Waals surface area contributed by atoms with Gasteiger partial charge >= 0.3 is 12.1 Å². The number of rotatable bonds is 5. The van der Waals surface area contributed by atoms with E-state index in [4.69, 9.17) is 4.74 Å². The van der Waals surface area contributed by atoms with Crippen LogP contribution in [0.15, 0.2) is 24.3 Å². The van der Waals surface area contributed by atoms with Crippen LogP contribution >= 0.6 is 0 Å². The number of piperidine rings is 1. The van der Waals surface area contributed by atoms with Crippen molar-refractivity contribution in [2.45, 2.75) is 38.6 Å². The number of nitrogens with zero attached hydrogens (tertiary/aromatic N) is 1. The van der Waals surface area contributed by atoms with Gasteiger partial charge in [-0.3, -0.25) is 14.5 Å². The quantitative estimate of drug-likeness (QED) is 0.894. The van der Waals surface area contributed by atoms with Gasteiger partial charge in [0.05, 0.1) is 19.1 Å². The second kappa shape index (κ2) is 7.95. The molecule has 1 fully saturated rings. The molecule has 0 saturated carbocycles. The van der Waals surface area contributed by atoms with Crippen LogP contribution in [0.4, 0.5) is 4.79 Å². The fourth-order valence-electron chi connectivity index (χ4n) is 3.15. The lowest BCUT2D eigenvalue weighted by atomic mass is 9.87. The van der Waals surface area contributed by atoms with Gasteiger partial charge in [0.15, 0.2) is 5.78 Å². The van der Waals surface area contributed by atoms with Gasteiger partial charge in [0.25, 0.3) is 0 Å². The van der Waals surface area contributed by atoms with E-state index in [1.54, 1.807) is 0 Å². The Morgan fingerprint density at radius 3 is 2.62 bits per heavy atom. The van der Waals surface area contributed by atoms with Gasteiger partial charge in [-0.2, -0.15) is 0 Å². The smallest absolute Gasteiger partial charge is 0.410 e. The normalized spacial score (nSPS) is 20.5. The molecule has 1 aliphatic rings. The molecule has 130 valence electrons. The number of carbonyl (C=O) groups excluding carboxylic acids is 2. The van der Waals surface area contributed by atoms with Gasteiger partial charge in [0.2, 0.25) is 0 Å². The van der Waals surface area contributed by atoms with E-state index in [2.05, 4.69) is 0 Å². The Morgan fingerprint density at radius 2 is 2.00 bits per heavy atom. The van der Waals surface area contributed by atoms with Crippen LogP contribution in [0.1, 0.15) is 30.4 Å². The van der Waals surface area contributed by atoms with Gasteiger partial charge in [-0.1, -0.05) is 24.3 Å². The summed E-state index contributed by atoms with van der Waals surface area (Å²) in [5.74, 6) is -1.64. The molecule has 1 aliphatic heterocycles. The van der Waals surface area contributed by atoms with Crippen LogP contribution in [0.3, 0.4) is 0 Å². The molecule has 1 saturated heterocycles. The predicted octanol–water partition coefficient (Wildman–Crippen LogP) is 2.43. The second-order valence-electron chi connectivity index (χ2n) is 6.13. The zero-order chi connectivity index (χ0) is 17.7. The third-order valence-electron chi connectivity index (χ3n) is 4.63. The van der Waals surface area contributed by atoms with Gasteiger partial charge in [0.1, 0.15) is 0 Å². The van der Waals surface area contributed by atoms with Gasteiger partial charge in [-0.05, 0) is 37.3 Å². The molecule has 6 heteroatoms. The number of likely N-dealkylation sites (tertiary alicyclic amines) is 1. The number of ether oxygens (including phenoxy) is 1. The van der Waals surface area contributed by atoms with Crippen molar-refractivity contribution in [3.8, 4) is 0 Å². The van der Waals surface area contributed by atoms with Crippen LogP contribution in [-0.2, 0) is 20.7 Å². The number of hydrogen-bond acceptors (Lipinski definition) is 4. The molecule has 1 heterocycles. The minimum absolute atomic E-state index is 0.116. The summed E-state index contributed by atoms with van der Waals surface area (Å²) >= 11 is 0. The monoisotopic (exact) mass is 333 g/mol. The lowest BCUT2D eigenvalue weighted by molar-refractivity contribution is -0.144. The number of amides is 1. The summed E-state index contributed by atoms with van der Waals surface area (Å²) in [7, 11) is 1.26. The van der Waals surface area contributed by atoms with E-state index < -0.39 is 24.0 Å². The third kappa shape index (κ3) is 4.13. The average Bonchev–Trinajstić information content (AvgIpc) is 2.59. The highest BCUT2D eigenvalue weighted by Gasteiger charge is 2.38. The lowest BCUT2D eigenvalue weighted by Crippen LogP contribution is -2.51. The van der Waals surface area contributed by atoms with Gasteiger partial charge in [0, 0.05) is 13.0 Å². The molecule has 1 aromatic carbocycles. The minimum atomic E-state index is -0.920. The molecule has 0 spiro atoms. The van der Waals surface area contributed by atoms with Gasteiger partial charge < -0.3 is 9.84 Å². The van der Waals surface area contributed by atoms with Crippen molar-refractivity contribution in [3.63, 3.8) is 0 Å². The fraction of sp³-hybridized carbons (Fsp3) is 0.500. The highest BCUT2D eigenvalue weighted by molar-refractivity contribution is 5.88. The summed E-state index contributed by atoms with van der Waals surface area (Å²) in [5.41, 5.74) is 2.20. The first-order valence-electron chi connectivity index (χ1n) is 8.08. The predicted molar refractivity (Wildman–Crippen MR) is 87.8 cm³/mol. The SMILES string of the molecule is COC(=O)N1CCC(C(=O)O)CC1C(=O)CCc1ccccc1C. The van der Waals surface area contributed by atoms with Gasteiger partial charge in [-0.25, -0.2) is 4.79 Å². The summed E-state index contributed by atoms with van der Waals surface area (Å²) in [6, 6.07) is 7.10.